The molecule has 136 valence electrons. The second-order valence-electron chi connectivity index (χ2n) is 6.23. The van der Waals surface area contributed by atoms with Gasteiger partial charge in [0.25, 0.3) is 0 Å². The van der Waals surface area contributed by atoms with Gasteiger partial charge in [-0.1, -0.05) is 30.3 Å². The van der Waals surface area contributed by atoms with Gasteiger partial charge < -0.3 is 15.5 Å². The van der Waals surface area contributed by atoms with Crippen LogP contribution in [0.3, 0.4) is 0 Å². The topological polar surface area (TPSA) is 78.5 Å². The van der Waals surface area contributed by atoms with Gasteiger partial charge in [0, 0.05) is 30.9 Å². The summed E-state index contributed by atoms with van der Waals surface area (Å²) in [4.78, 5) is 37.4. The van der Waals surface area contributed by atoms with Gasteiger partial charge in [-0.2, -0.15) is 0 Å². The van der Waals surface area contributed by atoms with Crippen molar-refractivity contribution in [1.82, 2.24) is 4.90 Å². The monoisotopic (exact) mass is 353 g/mol. The van der Waals surface area contributed by atoms with Gasteiger partial charge in [0.1, 0.15) is 0 Å². The molecule has 0 aliphatic heterocycles. The lowest BCUT2D eigenvalue weighted by molar-refractivity contribution is -0.144. The predicted molar refractivity (Wildman–Crippen MR) is 102 cm³/mol. The van der Waals surface area contributed by atoms with Gasteiger partial charge >= 0.3 is 11.8 Å². The number of amides is 3. The van der Waals surface area contributed by atoms with E-state index in [-0.39, 0.29) is 11.9 Å². The number of hydrogen-bond acceptors (Lipinski definition) is 3. The Morgan fingerprint density at radius 2 is 1.42 bits per heavy atom. The van der Waals surface area contributed by atoms with E-state index in [2.05, 4.69) is 10.6 Å². The number of anilines is 2. The zero-order valence-electron chi connectivity index (χ0n) is 15.2. The zero-order chi connectivity index (χ0) is 19.1. The molecule has 0 bridgehead atoms. The third-order valence-electron chi connectivity index (χ3n) is 3.74. The van der Waals surface area contributed by atoms with Crippen molar-refractivity contribution in [2.24, 2.45) is 0 Å². The summed E-state index contributed by atoms with van der Waals surface area (Å²) >= 11 is 0. The Bertz CT molecular complexity index is 771. The molecule has 2 N–H and O–H groups in total. The Balaban J connectivity index is 2.04. The zero-order valence-corrected chi connectivity index (χ0v) is 15.2. The van der Waals surface area contributed by atoms with Crippen LogP contribution in [0.1, 0.15) is 26.3 Å². The summed E-state index contributed by atoms with van der Waals surface area (Å²) in [5.74, 6) is -1.46. The van der Waals surface area contributed by atoms with Gasteiger partial charge in [0.05, 0.1) is 0 Å². The highest BCUT2D eigenvalue weighted by Gasteiger charge is 2.24. The molecule has 0 saturated heterocycles. The third-order valence-corrected chi connectivity index (χ3v) is 3.74. The fraction of sp³-hybridized carbons (Fsp3) is 0.250. The maximum absolute atomic E-state index is 12.6. The highest BCUT2D eigenvalue weighted by atomic mass is 16.2. The van der Waals surface area contributed by atoms with Gasteiger partial charge in [-0.15, -0.1) is 0 Å². The number of nitrogens with one attached hydrogen (secondary N) is 2. The molecule has 0 fully saturated rings. The van der Waals surface area contributed by atoms with Crippen LogP contribution in [0.15, 0.2) is 54.6 Å². The van der Waals surface area contributed by atoms with Crippen LogP contribution in [0, 0.1) is 0 Å². The SMILES string of the molecule is CC(=O)Nc1ccc(NC(=O)C(=O)N(Cc2ccccc2)C(C)C)cc1. The van der Waals surface area contributed by atoms with E-state index in [1.165, 1.54) is 11.8 Å². The molecule has 6 heteroatoms. The molecule has 2 aromatic rings. The average molecular weight is 353 g/mol. The second kappa shape index (κ2) is 8.80. The van der Waals surface area contributed by atoms with Crippen LogP contribution >= 0.6 is 0 Å². The first-order valence-electron chi connectivity index (χ1n) is 8.40. The molecule has 0 unspecified atom stereocenters. The number of carbonyl (C=O) groups excluding carboxylic acids is 3. The predicted octanol–water partition coefficient (Wildman–Crippen LogP) is 3.02. The first-order valence-corrected chi connectivity index (χ1v) is 8.40. The lowest BCUT2D eigenvalue weighted by Crippen LogP contribution is -2.43. The van der Waals surface area contributed by atoms with Crippen molar-refractivity contribution in [3.8, 4) is 0 Å². The summed E-state index contributed by atoms with van der Waals surface area (Å²) in [6, 6.07) is 16.0. The molecule has 0 atom stereocenters. The fourth-order valence-corrected chi connectivity index (χ4v) is 2.42. The fourth-order valence-electron chi connectivity index (χ4n) is 2.42. The minimum absolute atomic E-state index is 0.115. The Morgan fingerprint density at radius 1 is 0.885 bits per heavy atom. The average Bonchev–Trinajstić information content (AvgIpc) is 2.61. The van der Waals surface area contributed by atoms with Crippen LogP contribution in [-0.2, 0) is 20.9 Å². The molecule has 0 aliphatic carbocycles. The second-order valence-corrected chi connectivity index (χ2v) is 6.23. The molecule has 0 aliphatic rings. The Hall–Kier alpha value is -3.15. The third kappa shape index (κ3) is 5.44. The van der Waals surface area contributed by atoms with E-state index in [1.807, 2.05) is 44.2 Å². The Labute approximate surface area is 153 Å². The van der Waals surface area contributed by atoms with Gasteiger partial charge in [-0.3, -0.25) is 14.4 Å². The highest BCUT2D eigenvalue weighted by Crippen LogP contribution is 2.14. The molecule has 0 spiro atoms. The standard InChI is InChI=1S/C20H23N3O3/c1-14(2)23(13-16-7-5-4-6-8-16)20(26)19(25)22-18-11-9-17(10-12-18)21-15(3)24/h4-12,14H,13H2,1-3H3,(H,21,24)(H,22,25). The van der Waals surface area contributed by atoms with Crippen molar-refractivity contribution in [3.05, 3.63) is 60.2 Å². The number of benzene rings is 2. The van der Waals surface area contributed by atoms with Crippen molar-refractivity contribution in [2.75, 3.05) is 10.6 Å². The van der Waals surface area contributed by atoms with E-state index in [0.29, 0.717) is 17.9 Å². The minimum Gasteiger partial charge on any atom is -0.328 e. The van der Waals surface area contributed by atoms with Crippen LogP contribution in [0.2, 0.25) is 0 Å². The van der Waals surface area contributed by atoms with Crippen molar-refractivity contribution in [3.63, 3.8) is 0 Å². The number of nitrogens with zero attached hydrogens (tertiary/aromatic N) is 1. The van der Waals surface area contributed by atoms with Crippen molar-refractivity contribution in [2.45, 2.75) is 33.4 Å². The van der Waals surface area contributed by atoms with Crippen molar-refractivity contribution in [1.29, 1.82) is 0 Å². The summed E-state index contributed by atoms with van der Waals surface area (Å²) in [7, 11) is 0. The Morgan fingerprint density at radius 3 is 1.92 bits per heavy atom. The van der Waals surface area contributed by atoms with E-state index >= 15 is 0 Å². The number of carbonyl (C=O) groups is 3. The molecule has 0 aromatic heterocycles. The quantitative estimate of drug-likeness (QED) is 0.811. The lowest BCUT2D eigenvalue weighted by atomic mass is 10.2. The molecule has 3 amide bonds. The largest absolute Gasteiger partial charge is 0.328 e. The molecule has 0 heterocycles. The van der Waals surface area contributed by atoms with Gasteiger partial charge in [-0.05, 0) is 43.7 Å². The first-order chi connectivity index (χ1) is 12.4. The van der Waals surface area contributed by atoms with Crippen LogP contribution < -0.4 is 10.6 Å². The highest BCUT2D eigenvalue weighted by molar-refractivity contribution is 6.39. The van der Waals surface area contributed by atoms with Crippen LogP contribution in [0.4, 0.5) is 11.4 Å². The summed E-state index contributed by atoms with van der Waals surface area (Å²) in [6.45, 7) is 5.53. The van der Waals surface area contributed by atoms with Gasteiger partial charge in [-0.25, -0.2) is 0 Å². The maximum Gasteiger partial charge on any atom is 0.313 e. The Kier molecular flexibility index (Phi) is 6.49. The number of hydrogen-bond donors (Lipinski definition) is 2. The summed E-state index contributed by atoms with van der Waals surface area (Å²) in [5, 5.41) is 5.24. The van der Waals surface area contributed by atoms with E-state index < -0.39 is 11.8 Å². The minimum atomic E-state index is -0.693. The van der Waals surface area contributed by atoms with Crippen LogP contribution in [0.25, 0.3) is 0 Å². The number of rotatable bonds is 5. The van der Waals surface area contributed by atoms with E-state index in [0.717, 1.165) is 5.56 Å². The van der Waals surface area contributed by atoms with Crippen molar-refractivity contribution >= 4 is 29.1 Å². The van der Waals surface area contributed by atoms with E-state index in [9.17, 15) is 14.4 Å². The summed E-state index contributed by atoms with van der Waals surface area (Å²) in [5.41, 5.74) is 2.07. The van der Waals surface area contributed by atoms with Crippen LogP contribution in [-0.4, -0.2) is 28.7 Å². The molecule has 2 rings (SSSR count). The molecular formula is C20H23N3O3. The molecule has 0 saturated carbocycles. The normalized spacial score (nSPS) is 10.3. The van der Waals surface area contributed by atoms with E-state index in [4.69, 9.17) is 0 Å². The summed E-state index contributed by atoms with van der Waals surface area (Å²) in [6.07, 6.45) is 0. The van der Waals surface area contributed by atoms with Crippen LogP contribution in [0.5, 0.6) is 0 Å². The summed E-state index contributed by atoms with van der Waals surface area (Å²) < 4.78 is 0. The van der Waals surface area contributed by atoms with Crippen molar-refractivity contribution < 1.29 is 14.4 Å². The van der Waals surface area contributed by atoms with E-state index in [1.54, 1.807) is 24.3 Å². The van der Waals surface area contributed by atoms with Gasteiger partial charge in [0.15, 0.2) is 0 Å². The molecular weight excluding hydrogens is 330 g/mol. The lowest BCUT2D eigenvalue weighted by Gasteiger charge is -2.26. The molecule has 0 radical (unpaired) electrons. The molecule has 6 nitrogen and oxygen atoms in total. The first kappa shape index (κ1) is 19.2. The molecule has 26 heavy (non-hydrogen) atoms. The van der Waals surface area contributed by atoms with Gasteiger partial charge in [0.2, 0.25) is 5.91 Å². The maximum atomic E-state index is 12.6. The smallest absolute Gasteiger partial charge is 0.313 e. The molecule has 2 aromatic carbocycles.